The SMILES string of the molecule is COc1ccc(-c2nc3cc(NC(=O)COc4c(C)cc(C)cc4Br)ccc3o2)cc1Cl. The molecule has 0 fully saturated rings. The predicted molar refractivity (Wildman–Crippen MR) is 129 cm³/mol. The maximum atomic E-state index is 12.4. The molecule has 1 heterocycles. The van der Waals surface area contributed by atoms with Crippen LogP contribution in [0.1, 0.15) is 11.1 Å². The molecule has 0 saturated heterocycles. The maximum absolute atomic E-state index is 12.4. The van der Waals surface area contributed by atoms with Crippen molar-refractivity contribution in [3.63, 3.8) is 0 Å². The van der Waals surface area contributed by atoms with Crippen LogP contribution in [0.2, 0.25) is 5.02 Å². The molecule has 0 aliphatic rings. The molecule has 164 valence electrons. The number of nitrogens with one attached hydrogen (secondary N) is 1. The van der Waals surface area contributed by atoms with Gasteiger partial charge in [-0.25, -0.2) is 4.98 Å². The third kappa shape index (κ3) is 4.74. The molecule has 3 aromatic carbocycles. The number of carbonyl (C=O) groups is 1. The Kier molecular flexibility index (Phi) is 6.39. The Balaban J connectivity index is 1.47. The number of ether oxygens (including phenoxy) is 2. The molecule has 4 aromatic rings. The smallest absolute Gasteiger partial charge is 0.262 e. The largest absolute Gasteiger partial charge is 0.495 e. The van der Waals surface area contributed by atoms with E-state index in [4.69, 9.17) is 25.5 Å². The number of hydrogen-bond donors (Lipinski definition) is 1. The molecule has 0 spiro atoms. The third-order valence-corrected chi connectivity index (χ3v) is 5.68. The minimum Gasteiger partial charge on any atom is -0.495 e. The first-order valence-electron chi connectivity index (χ1n) is 9.78. The molecule has 1 N–H and O–H groups in total. The topological polar surface area (TPSA) is 73.6 Å². The molecule has 6 nitrogen and oxygen atoms in total. The first-order valence-corrected chi connectivity index (χ1v) is 10.9. The van der Waals surface area contributed by atoms with Crippen molar-refractivity contribution in [2.24, 2.45) is 0 Å². The van der Waals surface area contributed by atoms with Gasteiger partial charge < -0.3 is 19.2 Å². The van der Waals surface area contributed by atoms with Crippen LogP contribution in [0.5, 0.6) is 11.5 Å². The van der Waals surface area contributed by atoms with Crippen LogP contribution >= 0.6 is 27.5 Å². The Morgan fingerprint density at radius 3 is 2.69 bits per heavy atom. The lowest BCUT2D eigenvalue weighted by atomic mass is 10.1. The zero-order valence-electron chi connectivity index (χ0n) is 17.7. The van der Waals surface area contributed by atoms with E-state index in [1.165, 1.54) is 0 Å². The van der Waals surface area contributed by atoms with Crippen LogP contribution in [-0.4, -0.2) is 24.6 Å². The average molecular weight is 516 g/mol. The number of anilines is 1. The van der Waals surface area contributed by atoms with E-state index in [0.29, 0.717) is 39.2 Å². The van der Waals surface area contributed by atoms with E-state index in [9.17, 15) is 4.79 Å². The van der Waals surface area contributed by atoms with Crippen LogP contribution in [0.3, 0.4) is 0 Å². The normalized spacial score (nSPS) is 10.9. The number of carbonyl (C=O) groups excluding carboxylic acids is 1. The van der Waals surface area contributed by atoms with Gasteiger partial charge in [-0.15, -0.1) is 0 Å². The maximum Gasteiger partial charge on any atom is 0.262 e. The number of benzene rings is 3. The zero-order valence-corrected chi connectivity index (χ0v) is 20.0. The van der Waals surface area contributed by atoms with Crippen LogP contribution in [0.25, 0.3) is 22.6 Å². The molecule has 0 unspecified atom stereocenters. The summed E-state index contributed by atoms with van der Waals surface area (Å²) in [6, 6.07) is 14.5. The number of rotatable bonds is 6. The number of aryl methyl sites for hydroxylation is 2. The van der Waals surface area contributed by atoms with E-state index in [0.717, 1.165) is 21.2 Å². The number of halogens is 2. The van der Waals surface area contributed by atoms with Crippen LogP contribution in [0.4, 0.5) is 5.69 Å². The van der Waals surface area contributed by atoms with E-state index in [2.05, 4.69) is 26.2 Å². The highest BCUT2D eigenvalue weighted by Crippen LogP contribution is 2.32. The lowest BCUT2D eigenvalue weighted by Gasteiger charge is -2.12. The van der Waals surface area contributed by atoms with Crippen LogP contribution in [0, 0.1) is 13.8 Å². The van der Waals surface area contributed by atoms with Gasteiger partial charge in [0.1, 0.15) is 17.0 Å². The van der Waals surface area contributed by atoms with E-state index in [1.54, 1.807) is 37.4 Å². The summed E-state index contributed by atoms with van der Waals surface area (Å²) in [5, 5.41) is 3.30. The van der Waals surface area contributed by atoms with Gasteiger partial charge >= 0.3 is 0 Å². The van der Waals surface area contributed by atoms with Gasteiger partial charge in [0.25, 0.3) is 5.91 Å². The van der Waals surface area contributed by atoms with Crippen molar-refractivity contribution in [2.45, 2.75) is 13.8 Å². The summed E-state index contributed by atoms with van der Waals surface area (Å²) < 4.78 is 17.5. The van der Waals surface area contributed by atoms with Gasteiger partial charge in [-0.3, -0.25) is 4.79 Å². The quantitative estimate of drug-likeness (QED) is 0.315. The molecular weight excluding hydrogens is 496 g/mol. The molecule has 0 aliphatic carbocycles. The van der Waals surface area contributed by atoms with Crippen molar-refractivity contribution in [3.05, 3.63) is 69.2 Å². The molecule has 4 rings (SSSR count). The van der Waals surface area contributed by atoms with Crippen molar-refractivity contribution in [1.29, 1.82) is 0 Å². The Morgan fingerprint density at radius 1 is 1.16 bits per heavy atom. The Hall–Kier alpha value is -3.03. The molecule has 1 aromatic heterocycles. The van der Waals surface area contributed by atoms with E-state index < -0.39 is 0 Å². The van der Waals surface area contributed by atoms with Gasteiger partial charge in [-0.05, 0) is 83.4 Å². The minimum atomic E-state index is -0.276. The molecule has 32 heavy (non-hydrogen) atoms. The van der Waals surface area contributed by atoms with E-state index in [1.807, 2.05) is 32.0 Å². The molecule has 0 aliphatic heterocycles. The van der Waals surface area contributed by atoms with Crippen molar-refractivity contribution in [2.75, 3.05) is 19.0 Å². The molecule has 0 saturated carbocycles. The summed E-state index contributed by atoms with van der Waals surface area (Å²) in [5.74, 6) is 1.38. The summed E-state index contributed by atoms with van der Waals surface area (Å²) in [7, 11) is 1.56. The zero-order chi connectivity index (χ0) is 22.8. The number of oxazole rings is 1. The lowest BCUT2D eigenvalue weighted by molar-refractivity contribution is -0.118. The number of methoxy groups -OCH3 is 1. The second kappa shape index (κ2) is 9.22. The summed E-state index contributed by atoms with van der Waals surface area (Å²) in [6.07, 6.45) is 0. The van der Waals surface area contributed by atoms with Gasteiger partial charge in [0.05, 0.1) is 16.6 Å². The molecule has 0 bridgehead atoms. The Morgan fingerprint density at radius 2 is 1.97 bits per heavy atom. The van der Waals surface area contributed by atoms with Crippen molar-refractivity contribution in [3.8, 4) is 23.0 Å². The standard InChI is InChI=1S/C24H20BrClN2O4/c1-13-8-14(2)23(17(25)9-13)31-12-22(29)27-16-5-7-21-19(11-16)28-24(32-21)15-4-6-20(30-3)18(26)10-15/h4-11H,12H2,1-3H3,(H,27,29). The van der Waals surface area contributed by atoms with E-state index in [-0.39, 0.29) is 12.5 Å². The summed E-state index contributed by atoms with van der Waals surface area (Å²) in [4.78, 5) is 16.9. The number of hydrogen-bond acceptors (Lipinski definition) is 5. The molecule has 8 heteroatoms. The monoisotopic (exact) mass is 514 g/mol. The number of nitrogens with zero attached hydrogens (tertiary/aromatic N) is 1. The first kappa shape index (κ1) is 22.2. The highest BCUT2D eigenvalue weighted by atomic mass is 79.9. The molecule has 1 amide bonds. The van der Waals surface area contributed by atoms with Crippen LogP contribution < -0.4 is 14.8 Å². The fourth-order valence-corrected chi connectivity index (χ4v) is 4.39. The van der Waals surface area contributed by atoms with Crippen molar-refractivity contribution in [1.82, 2.24) is 4.98 Å². The second-order valence-corrected chi connectivity index (χ2v) is 8.54. The summed E-state index contributed by atoms with van der Waals surface area (Å²) >= 11 is 9.69. The molecule has 0 radical (unpaired) electrons. The summed E-state index contributed by atoms with van der Waals surface area (Å²) in [5.41, 5.74) is 4.61. The molecular formula is C24H20BrClN2O4. The van der Waals surface area contributed by atoms with E-state index >= 15 is 0 Å². The van der Waals surface area contributed by atoms with Gasteiger partial charge in [0.2, 0.25) is 5.89 Å². The number of amides is 1. The second-order valence-electron chi connectivity index (χ2n) is 7.28. The highest BCUT2D eigenvalue weighted by molar-refractivity contribution is 9.10. The van der Waals surface area contributed by atoms with Gasteiger partial charge in [-0.1, -0.05) is 17.7 Å². The fourth-order valence-electron chi connectivity index (χ4n) is 3.35. The lowest BCUT2D eigenvalue weighted by Crippen LogP contribution is -2.20. The minimum absolute atomic E-state index is 0.116. The van der Waals surface area contributed by atoms with Crippen molar-refractivity contribution >= 4 is 50.2 Å². The average Bonchev–Trinajstić information content (AvgIpc) is 3.16. The van der Waals surface area contributed by atoms with Gasteiger partial charge in [-0.2, -0.15) is 0 Å². The molecule has 0 atom stereocenters. The number of fused-ring (bicyclic) bond motifs is 1. The third-order valence-electron chi connectivity index (χ3n) is 4.79. The highest BCUT2D eigenvalue weighted by Gasteiger charge is 2.13. The van der Waals surface area contributed by atoms with Crippen LogP contribution in [0.15, 0.2) is 57.4 Å². The number of aromatic nitrogens is 1. The first-order chi connectivity index (χ1) is 15.3. The Bertz CT molecular complexity index is 1300. The van der Waals surface area contributed by atoms with Gasteiger partial charge in [0, 0.05) is 11.3 Å². The predicted octanol–water partition coefficient (Wildman–Crippen LogP) is 6.55. The summed E-state index contributed by atoms with van der Waals surface area (Å²) in [6.45, 7) is 3.83. The Labute approximate surface area is 198 Å². The fraction of sp³-hybridized carbons (Fsp3) is 0.167. The van der Waals surface area contributed by atoms with Crippen LogP contribution in [-0.2, 0) is 4.79 Å². The van der Waals surface area contributed by atoms with Gasteiger partial charge in [0.15, 0.2) is 12.2 Å². The van der Waals surface area contributed by atoms with Crippen molar-refractivity contribution < 1.29 is 18.7 Å².